The molecule has 0 heterocycles. The van der Waals surface area contributed by atoms with E-state index < -0.39 is 6.10 Å². The monoisotopic (exact) mass is 689 g/mol. The lowest BCUT2D eigenvalue weighted by Crippen LogP contribution is -2.28. The summed E-state index contributed by atoms with van der Waals surface area (Å²) >= 11 is 0. The first-order chi connectivity index (χ1) is 24.0. The normalized spacial score (nSPS) is 13.3. The largest absolute Gasteiger partial charge is 0.462 e. The second kappa shape index (κ2) is 38.6. The maximum absolute atomic E-state index is 12.1. The summed E-state index contributed by atoms with van der Waals surface area (Å²) in [5.74, 6) is -0.679. The van der Waals surface area contributed by atoms with E-state index in [1.807, 2.05) is 18.2 Å². The summed E-state index contributed by atoms with van der Waals surface area (Å²) in [4.78, 5) is 24.2. The predicted octanol–water partition coefficient (Wildman–Crippen LogP) is 11.6. The molecule has 0 saturated heterocycles. The molecule has 0 aliphatic rings. The molecule has 0 aromatic heterocycles. The molecule has 6 nitrogen and oxygen atoms in total. The van der Waals surface area contributed by atoms with Crippen LogP contribution in [0.4, 0.5) is 0 Å². The van der Waals surface area contributed by atoms with E-state index in [1.54, 1.807) is 0 Å². The topological polar surface area (TPSA) is 93.1 Å². The lowest BCUT2D eigenvalue weighted by molar-refractivity contribution is -0.161. The fraction of sp³-hybridized carbons (Fsp3) is 0.767. The van der Waals surface area contributed by atoms with Gasteiger partial charge in [-0.3, -0.25) is 9.59 Å². The van der Waals surface area contributed by atoms with Gasteiger partial charge < -0.3 is 19.7 Å². The SMILES string of the molecule is CCCCCCCCCCCCCCCCCCCC(=O)OC[C@H](CO)OC(=O)CCC/C=C\C/C=C\C/C=C\C=C\[C@@H](O)CCCCC. The van der Waals surface area contributed by atoms with Crippen LogP contribution in [-0.2, 0) is 19.1 Å². The molecule has 284 valence electrons. The Morgan fingerprint density at radius 1 is 0.571 bits per heavy atom. The maximum atomic E-state index is 12.1. The highest BCUT2D eigenvalue weighted by atomic mass is 16.6. The second-order valence-corrected chi connectivity index (χ2v) is 13.6. The molecule has 0 saturated carbocycles. The molecule has 0 bridgehead atoms. The van der Waals surface area contributed by atoms with Gasteiger partial charge in [0.1, 0.15) is 6.61 Å². The number of carbonyl (C=O) groups is 2. The molecule has 0 aromatic carbocycles. The van der Waals surface area contributed by atoms with E-state index in [-0.39, 0.29) is 37.7 Å². The molecule has 0 radical (unpaired) electrons. The molecule has 0 fully saturated rings. The van der Waals surface area contributed by atoms with Crippen LogP contribution < -0.4 is 0 Å². The zero-order valence-corrected chi connectivity index (χ0v) is 31.8. The molecule has 49 heavy (non-hydrogen) atoms. The van der Waals surface area contributed by atoms with Crippen LogP contribution in [-0.4, -0.2) is 47.6 Å². The van der Waals surface area contributed by atoms with Crippen molar-refractivity contribution in [1.29, 1.82) is 0 Å². The Morgan fingerprint density at radius 3 is 1.63 bits per heavy atom. The molecule has 0 amide bonds. The second-order valence-electron chi connectivity index (χ2n) is 13.6. The van der Waals surface area contributed by atoms with E-state index in [0.717, 1.165) is 57.8 Å². The number of rotatable bonds is 36. The lowest BCUT2D eigenvalue weighted by atomic mass is 10.0. The molecule has 0 aliphatic carbocycles. The van der Waals surface area contributed by atoms with Gasteiger partial charge in [-0.05, 0) is 38.5 Å². The number of esters is 2. The Kier molecular flexibility index (Phi) is 36.9. The van der Waals surface area contributed by atoms with Gasteiger partial charge in [0.05, 0.1) is 12.7 Å². The highest BCUT2D eigenvalue weighted by Gasteiger charge is 2.16. The summed E-state index contributed by atoms with van der Waals surface area (Å²) in [6.07, 6.45) is 45.0. The van der Waals surface area contributed by atoms with E-state index in [1.165, 1.54) is 96.3 Å². The zero-order valence-electron chi connectivity index (χ0n) is 31.8. The summed E-state index contributed by atoms with van der Waals surface area (Å²) < 4.78 is 10.6. The number of unbranched alkanes of at least 4 members (excludes halogenated alkanes) is 19. The average molecular weight is 689 g/mol. The third-order valence-corrected chi connectivity index (χ3v) is 8.73. The third kappa shape index (κ3) is 36.9. The van der Waals surface area contributed by atoms with Crippen molar-refractivity contribution in [3.8, 4) is 0 Å². The summed E-state index contributed by atoms with van der Waals surface area (Å²) in [5.41, 5.74) is 0. The van der Waals surface area contributed by atoms with Crippen molar-refractivity contribution in [2.75, 3.05) is 13.2 Å². The van der Waals surface area contributed by atoms with Crippen LogP contribution in [0.3, 0.4) is 0 Å². The molecule has 0 unspecified atom stereocenters. The van der Waals surface area contributed by atoms with E-state index in [2.05, 4.69) is 44.2 Å². The molecule has 2 N–H and O–H groups in total. The Morgan fingerprint density at radius 2 is 1.06 bits per heavy atom. The average Bonchev–Trinajstić information content (AvgIpc) is 3.10. The fourth-order valence-corrected chi connectivity index (χ4v) is 5.60. The van der Waals surface area contributed by atoms with Crippen LogP contribution >= 0.6 is 0 Å². The van der Waals surface area contributed by atoms with Gasteiger partial charge >= 0.3 is 11.9 Å². The number of aliphatic hydroxyl groups is 2. The summed E-state index contributed by atoms with van der Waals surface area (Å²) in [6.45, 7) is 3.97. The molecule has 0 aliphatic heterocycles. The van der Waals surface area contributed by atoms with Crippen LogP contribution in [0.25, 0.3) is 0 Å². The minimum atomic E-state index is -0.812. The Balaban J connectivity index is 3.68. The van der Waals surface area contributed by atoms with E-state index in [0.29, 0.717) is 12.8 Å². The minimum Gasteiger partial charge on any atom is -0.462 e. The molecule has 0 rings (SSSR count). The first-order valence-electron chi connectivity index (χ1n) is 20.3. The number of carbonyl (C=O) groups excluding carboxylic acids is 2. The van der Waals surface area contributed by atoms with Gasteiger partial charge in [-0.25, -0.2) is 0 Å². The number of hydrogen-bond donors (Lipinski definition) is 2. The molecule has 6 heteroatoms. The molecular weight excluding hydrogens is 612 g/mol. The third-order valence-electron chi connectivity index (χ3n) is 8.73. The quantitative estimate of drug-likeness (QED) is 0.0294. The number of allylic oxidation sites excluding steroid dienone is 7. The van der Waals surface area contributed by atoms with Crippen LogP contribution in [0.2, 0.25) is 0 Å². The lowest BCUT2D eigenvalue weighted by Gasteiger charge is -2.15. The van der Waals surface area contributed by atoms with Crippen molar-refractivity contribution in [2.45, 2.75) is 199 Å². The predicted molar refractivity (Wildman–Crippen MR) is 206 cm³/mol. The number of aliphatic hydroxyl groups excluding tert-OH is 2. The van der Waals surface area contributed by atoms with Crippen LogP contribution in [0.5, 0.6) is 0 Å². The molecule has 0 aromatic rings. The van der Waals surface area contributed by atoms with Crippen LogP contribution in [0, 0.1) is 0 Å². The van der Waals surface area contributed by atoms with Gasteiger partial charge in [0.2, 0.25) is 0 Å². The van der Waals surface area contributed by atoms with Crippen molar-refractivity contribution in [2.24, 2.45) is 0 Å². The highest BCUT2D eigenvalue weighted by molar-refractivity contribution is 5.70. The minimum absolute atomic E-state index is 0.0985. The first kappa shape index (κ1) is 46.8. The van der Waals surface area contributed by atoms with E-state index in [9.17, 15) is 19.8 Å². The van der Waals surface area contributed by atoms with Crippen molar-refractivity contribution in [3.63, 3.8) is 0 Å². The number of hydrogen-bond acceptors (Lipinski definition) is 6. The molecule has 2 atom stereocenters. The molecular formula is C43H76O6. The fourth-order valence-electron chi connectivity index (χ4n) is 5.60. The van der Waals surface area contributed by atoms with Gasteiger partial charge in [0.15, 0.2) is 6.10 Å². The Labute approximate surface area is 301 Å². The standard InChI is InChI=1S/C43H76O6/c1-3-5-7-8-9-10-11-12-13-14-15-16-19-22-25-28-32-36-42(46)48-39-41(38-44)49-43(47)37-33-29-26-23-20-17-18-21-24-27-31-35-40(45)34-30-6-4-2/h17-18,23-24,26-27,31,35,40-41,44-45H,3-16,19-22,25,28-30,32-34,36-39H2,1-2H3/b18-17-,26-23-,27-24-,35-31+/t40-,41-/m0/s1. The van der Waals surface area contributed by atoms with E-state index in [4.69, 9.17) is 9.47 Å². The summed E-state index contributed by atoms with van der Waals surface area (Å²) in [5, 5.41) is 19.4. The van der Waals surface area contributed by atoms with Gasteiger partial charge in [0.25, 0.3) is 0 Å². The number of ether oxygens (including phenoxy) is 2. The van der Waals surface area contributed by atoms with Crippen molar-refractivity contribution < 1.29 is 29.3 Å². The Bertz CT molecular complexity index is 845. The van der Waals surface area contributed by atoms with Crippen molar-refractivity contribution in [1.82, 2.24) is 0 Å². The van der Waals surface area contributed by atoms with Gasteiger partial charge in [-0.1, -0.05) is 184 Å². The Hall–Kier alpha value is -2.18. The van der Waals surface area contributed by atoms with Gasteiger partial charge in [0, 0.05) is 12.8 Å². The van der Waals surface area contributed by atoms with Crippen molar-refractivity contribution >= 4 is 11.9 Å². The van der Waals surface area contributed by atoms with Crippen LogP contribution in [0.15, 0.2) is 48.6 Å². The molecule has 0 spiro atoms. The summed E-state index contributed by atoms with van der Waals surface area (Å²) in [7, 11) is 0. The van der Waals surface area contributed by atoms with Gasteiger partial charge in [-0.2, -0.15) is 0 Å². The first-order valence-corrected chi connectivity index (χ1v) is 20.3. The van der Waals surface area contributed by atoms with Gasteiger partial charge in [-0.15, -0.1) is 0 Å². The zero-order chi connectivity index (χ0) is 35.9. The summed E-state index contributed by atoms with van der Waals surface area (Å²) in [6, 6.07) is 0. The maximum Gasteiger partial charge on any atom is 0.306 e. The smallest absolute Gasteiger partial charge is 0.306 e. The van der Waals surface area contributed by atoms with Crippen LogP contribution in [0.1, 0.15) is 187 Å². The highest BCUT2D eigenvalue weighted by Crippen LogP contribution is 2.15. The van der Waals surface area contributed by atoms with Crippen molar-refractivity contribution in [3.05, 3.63) is 48.6 Å². The van der Waals surface area contributed by atoms with E-state index >= 15 is 0 Å².